The maximum absolute atomic E-state index is 4.56. The molecule has 18 heavy (non-hydrogen) atoms. The molecule has 1 N–H and O–H groups in total. The van der Waals surface area contributed by atoms with E-state index in [0.29, 0.717) is 0 Å². The first-order valence-electron chi connectivity index (χ1n) is 7.23. The van der Waals surface area contributed by atoms with Gasteiger partial charge >= 0.3 is 0 Å². The number of likely N-dealkylation sites (N-methyl/N-ethyl adjacent to an activating group) is 1. The second-order valence-corrected chi connectivity index (χ2v) is 4.50. The lowest BCUT2D eigenvalue weighted by Crippen LogP contribution is -2.32. The molecule has 0 unspecified atom stereocenters. The minimum absolute atomic E-state index is 0.919. The van der Waals surface area contributed by atoms with Crippen LogP contribution in [-0.4, -0.2) is 40.9 Å². The van der Waals surface area contributed by atoms with Crippen LogP contribution in [0.5, 0.6) is 0 Å². The predicted octanol–water partition coefficient (Wildman–Crippen LogP) is 1.90. The summed E-state index contributed by atoms with van der Waals surface area (Å²) < 4.78 is 2.10. The molecule has 0 aliphatic heterocycles. The molecule has 1 aromatic rings. The number of rotatable bonds is 9. The Kier molecular flexibility index (Phi) is 6.98. The van der Waals surface area contributed by atoms with Gasteiger partial charge in [-0.1, -0.05) is 20.8 Å². The molecule has 0 atom stereocenters. The molecule has 0 radical (unpaired) electrons. The van der Waals surface area contributed by atoms with Gasteiger partial charge in [-0.25, -0.2) is 0 Å². The Morgan fingerprint density at radius 1 is 1.22 bits per heavy atom. The van der Waals surface area contributed by atoms with Gasteiger partial charge in [0.1, 0.15) is 0 Å². The highest BCUT2D eigenvalue weighted by Crippen LogP contribution is 2.05. The summed E-state index contributed by atoms with van der Waals surface area (Å²) in [6.07, 6.45) is 1.01. The zero-order chi connectivity index (χ0) is 13.4. The van der Waals surface area contributed by atoms with E-state index in [1.807, 2.05) is 0 Å². The van der Waals surface area contributed by atoms with Crippen molar-refractivity contribution >= 4 is 0 Å². The molecule has 1 rings (SSSR count). The number of aryl methyl sites for hydroxylation is 2. The predicted molar refractivity (Wildman–Crippen MR) is 76.8 cm³/mol. The standard InChI is InChI=1S/C14H28N4/c1-5-13-11-14(18(8-4)16-13)12-15-9-10-17(6-2)7-3/h11,15H,5-10,12H2,1-4H3. The molecule has 0 fully saturated rings. The van der Waals surface area contributed by atoms with Gasteiger partial charge in [0.15, 0.2) is 0 Å². The van der Waals surface area contributed by atoms with E-state index >= 15 is 0 Å². The Morgan fingerprint density at radius 3 is 2.50 bits per heavy atom. The zero-order valence-corrected chi connectivity index (χ0v) is 12.4. The third kappa shape index (κ3) is 4.42. The lowest BCUT2D eigenvalue weighted by atomic mass is 10.3. The third-order valence-corrected chi connectivity index (χ3v) is 3.38. The number of aromatic nitrogens is 2. The van der Waals surface area contributed by atoms with Gasteiger partial charge in [-0.2, -0.15) is 5.10 Å². The summed E-state index contributed by atoms with van der Waals surface area (Å²) >= 11 is 0. The summed E-state index contributed by atoms with van der Waals surface area (Å²) in [4.78, 5) is 2.43. The first kappa shape index (κ1) is 15.2. The van der Waals surface area contributed by atoms with E-state index < -0.39 is 0 Å². The van der Waals surface area contributed by atoms with Crippen molar-refractivity contribution in [1.29, 1.82) is 0 Å². The Balaban J connectivity index is 2.36. The molecule has 0 spiro atoms. The highest BCUT2D eigenvalue weighted by atomic mass is 15.3. The monoisotopic (exact) mass is 252 g/mol. The van der Waals surface area contributed by atoms with E-state index in [0.717, 1.165) is 45.7 Å². The van der Waals surface area contributed by atoms with Crippen LogP contribution in [-0.2, 0) is 19.5 Å². The van der Waals surface area contributed by atoms with Gasteiger partial charge in [0.25, 0.3) is 0 Å². The van der Waals surface area contributed by atoms with Crippen LogP contribution >= 0.6 is 0 Å². The van der Waals surface area contributed by atoms with Crippen LogP contribution in [0.2, 0.25) is 0 Å². The average molecular weight is 252 g/mol. The molecule has 1 aromatic heterocycles. The highest BCUT2D eigenvalue weighted by molar-refractivity contribution is 5.10. The van der Waals surface area contributed by atoms with E-state index in [-0.39, 0.29) is 0 Å². The first-order chi connectivity index (χ1) is 8.74. The van der Waals surface area contributed by atoms with Gasteiger partial charge in [0, 0.05) is 26.2 Å². The maximum atomic E-state index is 4.56. The lowest BCUT2D eigenvalue weighted by Gasteiger charge is -2.18. The quantitative estimate of drug-likeness (QED) is 0.681. The summed E-state index contributed by atoms with van der Waals surface area (Å²) in [6, 6.07) is 2.22. The third-order valence-electron chi connectivity index (χ3n) is 3.38. The molecule has 4 heteroatoms. The van der Waals surface area contributed by atoms with Crippen LogP contribution in [0.4, 0.5) is 0 Å². The lowest BCUT2D eigenvalue weighted by molar-refractivity contribution is 0.301. The van der Waals surface area contributed by atoms with Gasteiger partial charge in [0.05, 0.1) is 11.4 Å². The summed E-state index contributed by atoms with van der Waals surface area (Å²) in [7, 11) is 0. The molecule has 0 bridgehead atoms. The van der Waals surface area contributed by atoms with E-state index in [1.165, 1.54) is 11.4 Å². The van der Waals surface area contributed by atoms with Gasteiger partial charge in [-0.3, -0.25) is 4.68 Å². The molecule has 0 aliphatic rings. The number of hydrogen-bond donors (Lipinski definition) is 1. The van der Waals surface area contributed by atoms with Crippen molar-refractivity contribution in [1.82, 2.24) is 20.0 Å². The SMILES string of the molecule is CCc1cc(CNCCN(CC)CC)n(CC)n1. The van der Waals surface area contributed by atoms with Crippen LogP contribution in [0, 0.1) is 0 Å². The maximum Gasteiger partial charge on any atom is 0.0625 e. The van der Waals surface area contributed by atoms with Crippen LogP contribution in [0.25, 0.3) is 0 Å². The van der Waals surface area contributed by atoms with Gasteiger partial charge in [-0.15, -0.1) is 0 Å². The minimum Gasteiger partial charge on any atom is -0.310 e. The Hall–Kier alpha value is -0.870. The van der Waals surface area contributed by atoms with E-state index in [4.69, 9.17) is 0 Å². The second kappa shape index (κ2) is 8.27. The van der Waals surface area contributed by atoms with Crippen molar-refractivity contribution in [3.05, 3.63) is 17.5 Å². The van der Waals surface area contributed by atoms with Crippen molar-refractivity contribution in [2.24, 2.45) is 0 Å². The fourth-order valence-electron chi connectivity index (χ4n) is 2.10. The largest absolute Gasteiger partial charge is 0.310 e. The van der Waals surface area contributed by atoms with E-state index in [9.17, 15) is 0 Å². The minimum atomic E-state index is 0.919. The Morgan fingerprint density at radius 2 is 1.94 bits per heavy atom. The van der Waals surface area contributed by atoms with E-state index in [1.54, 1.807) is 0 Å². The zero-order valence-electron chi connectivity index (χ0n) is 12.4. The molecular formula is C14H28N4. The fourth-order valence-corrected chi connectivity index (χ4v) is 2.10. The van der Waals surface area contributed by atoms with E-state index in [2.05, 4.69) is 53.8 Å². The summed E-state index contributed by atoms with van der Waals surface area (Å²) in [5.74, 6) is 0. The summed E-state index contributed by atoms with van der Waals surface area (Å²) in [5, 5.41) is 8.07. The van der Waals surface area contributed by atoms with Crippen LogP contribution in [0.3, 0.4) is 0 Å². The van der Waals surface area contributed by atoms with Gasteiger partial charge in [-0.05, 0) is 32.5 Å². The Bertz CT molecular complexity index is 329. The highest BCUT2D eigenvalue weighted by Gasteiger charge is 2.05. The van der Waals surface area contributed by atoms with Crippen molar-refractivity contribution in [3.8, 4) is 0 Å². The molecule has 104 valence electrons. The smallest absolute Gasteiger partial charge is 0.0625 e. The molecular weight excluding hydrogens is 224 g/mol. The normalized spacial score (nSPS) is 11.4. The molecule has 0 aromatic carbocycles. The fraction of sp³-hybridized carbons (Fsp3) is 0.786. The molecule has 1 heterocycles. The van der Waals surface area contributed by atoms with Crippen molar-refractivity contribution in [2.75, 3.05) is 26.2 Å². The molecule has 0 aliphatic carbocycles. The van der Waals surface area contributed by atoms with Crippen molar-refractivity contribution in [2.45, 2.75) is 47.2 Å². The van der Waals surface area contributed by atoms with Gasteiger partial charge < -0.3 is 10.2 Å². The number of nitrogens with zero attached hydrogens (tertiary/aromatic N) is 3. The summed E-state index contributed by atoms with van der Waals surface area (Å²) in [6.45, 7) is 15.0. The van der Waals surface area contributed by atoms with Crippen LogP contribution in [0.15, 0.2) is 6.07 Å². The number of hydrogen-bond acceptors (Lipinski definition) is 3. The van der Waals surface area contributed by atoms with Crippen LogP contribution in [0.1, 0.15) is 39.1 Å². The molecule has 4 nitrogen and oxygen atoms in total. The molecule has 0 amide bonds. The molecule has 0 saturated carbocycles. The molecule has 0 saturated heterocycles. The first-order valence-corrected chi connectivity index (χ1v) is 7.23. The second-order valence-electron chi connectivity index (χ2n) is 4.50. The topological polar surface area (TPSA) is 33.1 Å². The Labute approximate surface area is 111 Å². The van der Waals surface area contributed by atoms with Crippen LogP contribution < -0.4 is 5.32 Å². The van der Waals surface area contributed by atoms with Crippen molar-refractivity contribution in [3.63, 3.8) is 0 Å². The summed E-state index contributed by atoms with van der Waals surface area (Å²) in [5.41, 5.74) is 2.49. The van der Waals surface area contributed by atoms with Gasteiger partial charge in [0.2, 0.25) is 0 Å². The van der Waals surface area contributed by atoms with Crippen molar-refractivity contribution < 1.29 is 0 Å². The number of nitrogens with one attached hydrogen (secondary N) is 1. The average Bonchev–Trinajstić information content (AvgIpc) is 2.81.